The van der Waals surface area contributed by atoms with Gasteiger partial charge in [-0.1, -0.05) is 140 Å². The first-order chi connectivity index (χ1) is 22.0. The molecule has 0 N–H and O–H groups in total. The molecule has 8 heteroatoms. The molecule has 1 aliphatic rings. The minimum atomic E-state index is -3.00. The van der Waals surface area contributed by atoms with E-state index in [2.05, 4.69) is 9.97 Å². The lowest BCUT2D eigenvalue weighted by Crippen LogP contribution is -2.62. The minimum Gasteiger partial charge on any atom is -0.456 e. The monoisotopic (exact) mass is 629 g/mol. The van der Waals surface area contributed by atoms with Gasteiger partial charge in [0.2, 0.25) is 5.91 Å². The lowest BCUT2D eigenvalue weighted by Gasteiger charge is -2.47. The van der Waals surface area contributed by atoms with Crippen molar-refractivity contribution in [2.45, 2.75) is 26.0 Å². The molecule has 2 unspecified atom stereocenters. The Morgan fingerprint density at radius 3 is 1.82 bits per heavy atom. The molecule has 0 aliphatic carbocycles. The fourth-order valence-electron chi connectivity index (χ4n) is 5.91. The third kappa shape index (κ3) is 5.89. The first kappa shape index (κ1) is 30.3. The summed E-state index contributed by atoms with van der Waals surface area (Å²) in [4.78, 5) is 39.4. The van der Waals surface area contributed by atoms with Crippen molar-refractivity contribution in [2.24, 2.45) is 5.92 Å². The summed E-state index contributed by atoms with van der Waals surface area (Å²) in [7, 11) is 0. The van der Waals surface area contributed by atoms with Gasteiger partial charge in [0.25, 0.3) is 0 Å². The highest BCUT2D eigenvalue weighted by atomic mass is 32.1. The highest BCUT2D eigenvalue weighted by Gasteiger charge is 2.49. The molecule has 1 aliphatic heterocycles. The second-order valence-electron chi connectivity index (χ2n) is 10.8. The topological polar surface area (TPSA) is 72.4 Å². The first-order valence-electron chi connectivity index (χ1n) is 14.8. The molecule has 6 rings (SSSR count). The largest absolute Gasteiger partial charge is 0.456 e. The number of carbonyl (C=O) groups excluding carboxylic acids is 2. The zero-order chi connectivity index (χ0) is 31.2. The molecule has 2 heterocycles. The fraction of sp³-hybridized carbons (Fsp3) is 0.135. The maximum absolute atomic E-state index is 14.8. The van der Waals surface area contributed by atoms with E-state index in [0.29, 0.717) is 16.0 Å². The molecule has 45 heavy (non-hydrogen) atoms. The summed E-state index contributed by atoms with van der Waals surface area (Å²) >= 11 is 5.91. The number of thiocarbonyl (C=S) groups is 1. The normalized spacial score (nSPS) is 15.1. The Hall–Kier alpha value is -4.71. The molecule has 1 amide bonds. The van der Waals surface area contributed by atoms with Crippen LogP contribution in [0.2, 0.25) is 0 Å². The standard InChI is InChI=1S/C37H32N3O3PS/c1-27(35(45)32-22-23-38-26-39-32)33-24-34(41)40(33)36(37(42)43-25-28-14-6-2-7-15-28)44(29-16-8-3-9-17-29,30-18-10-4-11-19-30)31-20-12-5-13-21-31/h2-23,26-27,33H,24-25H2,1H3. The average Bonchev–Trinajstić information content (AvgIpc) is 3.11. The Balaban J connectivity index is 1.63. The van der Waals surface area contributed by atoms with Gasteiger partial charge >= 0.3 is 5.97 Å². The highest BCUT2D eigenvalue weighted by molar-refractivity contribution is 7.96. The van der Waals surface area contributed by atoms with E-state index in [4.69, 9.17) is 17.0 Å². The summed E-state index contributed by atoms with van der Waals surface area (Å²) in [5.41, 5.74) is 1.84. The van der Waals surface area contributed by atoms with Crippen LogP contribution < -0.4 is 15.9 Å². The van der Waals surface area contributed by atoms with Gasteiger partial charge in [-0.25, -0.2) is 14.8 Å². The smallest absolute Gasteiger partial charge is 0.356 e. The molecular weight excluding hydrogens is 597 g/mol. The van der Waals surface area contributed by atoms with Gasteiger partial charge in [-0.3, -0.25) is 4.79 Å². The molecule has 0 radical (unpaired) electrons. The van der Waals surface area contributed by atoms with E-state index in [1.807, 2.05) is 128 Å². The predicted molar refractivity (Wildman–Crippen MR) is 185 cm³/mol. The van der Waals surface area contributed by atoms with E-state index >= 15 is 0 Å². The second-order valence-corrected chi connectivity index (χ2v) is 14.6. The highest BCUT2D eigenvalue weighted by Crippen LogP contribution is 2.49. The number of hydrogen-bond donors (Lipinski definition) is 0. The molecule has 4 aromatic carbocycles. The summed E-state index contributed by atoms with van der Waals surface area (Å²) < 4.78 is 6.14. The van der Waals surface area contributed by atoms with Crippen LogP contribution in [0.15, 0.2) is 140 Å². The Morgan fingerprint density at radius 2 is 1.36 bits per heavy atom. The number of hydrogen-bond acceptors (Lipinski definition) is 6. The number of ether oxygens (including phenoxy) is 1. The maximum Gasteiger partial charge on any atom is 0.356 e. The number of aromatic nitrogens is 2. The van der Waals surface area contributed by atoms with E-state index in [0.717, 1.165) is 21.5 Å². The van der Waals surface area contributed by atoms with Crippen LogP contribution in [0.4, 0.5) is 0 Å². The molecule has 1 aromatic heterocycles. The van der Waals surface area contributed by atoms with Crippen molar-refractivity contribution in [1.82, 2.24) is 14.9 Å². The Kier molecular flexibility index (Phi) is 9.11. The predicted octanol–water partition coefficient (Wildman–Crippen LogP) is 5.30. The lowest BCUT2D eigenvalue weighted by molar-refractivity contribution is -0.145. The second kappa shape index (κ2) is 13.5. The molecule has 5 aromatic rings. The van der Waals surface area contributed by atoms with Crippen LogP contribution in [0.1, 0.15) is 24.6 Å². The van der Waals surface area contributed by atoms with Crippen LogP contribution in [-0.2, 0) is 20.9 Å². The van der Waals surface area contributed by atoms with Crippen molar-refractivity contribution in [3.63, 3.8) is 0 Å². The third-order valence-electron chi connectivity index (χ3n) is 8.18. The van der Waals surface area contributed by atoms with Crippen molar-refractivity contribution >= 4 is 57.2 Å². The van der Waals surface area contributed by atoms with Crippen molar-refractivity contribution in [1.29, 1.82) is 0 Å². The Bertz CT molecular complexity index is 1750. The van der Waals surface area contributed by atoms with Crippen molar-refractivity contribution in [3.8, 4) is 0 Å². The van der Waals surface area contributed by atoms with Crippen LogP contribution >= 0.6 is 19.1 Å². The summed E-state index contributed by atoms with van der Waals surface area (Å²) in [5.74, 6) is -0.938. The van der Waals surface area contributed by atoms with E-state index in [9.17, 15) is 9.59 Å². The minimum absolute atomic E-state index is 0.0726. The van der Waals surface area contributed by atoms with Gasteiger partial charge in [-0.2, -0.15) is 0 Å². The van der Waals surface area contributed by atoms with Gasteiger partial charge in [0.1, 0.15) is 18.4 Å². The van der Waals surface area contributed by atoms with Crippen molar-refractivity contribution in [3.05, 3.63) is 151 Å². The number of nitrogens with zero attached hydrogens (tertiary/aromatic N) is 3. The zero-order valence-corrected chi connectivity index (χ0v) is 26.5. The van der Waals surface area contributed by atoms with E-state index in [1.54, 1.807) is 17.2 Å². The summed E-state index contributed by atoms with van der Waals surface area (Å²) in [6, 6.07) is 41.0. The Labute approximate surface area is 268 Å². The lowest BCUT2D eigenvalue weighted by atomic mass is 9.86. The van der Waals surface area contributed by atoms with E-state index in [1.165, 1.54) is 6.33 Å². The number of rotatable bonds is 10. The van der Waals surface area contributed by atoms with E-state index < -0.39 is 12.9 Å². The van der Waals surface area contributed by atoms with Crippen LogP contribution in [0, 0.1) is 5.92 Å². The molecule has 224 valence electrons. The van der Waals surface area contributed by atoms with Crippen LogP contribution in [0.25, 0.3) is 0 Å². The molecule has 1 fully saturated rings. The number of benzene rings is 4. The number of esters is 1. The van der Waals surface area contributed by atoms with Crippen molar-refractivity contribution in [2.75, 3.05) is 0 Å². The van der Waals surface area contributed by atoms with Crippen LogP contribution in [0.5, 0.6) is 0 Å². The molecule has 0 spiro atoms. The quantitative estimate of drug-likeness (QED) is 0.0687. The summed E-state index contributed by atoms with van der Waals surface area (Å²) in [5, 5.41) is 2.83. The van der Waals surface area contributed by atoms with Gasteiger partial charge in [0, 0.05) is 30.3 Å². The average molecular weight is 630 g/mol. The van der Waals surface area contributed by atoms with Crippen molar-refractivity contribution < 1.29 is 14.3 Å². The molecular formula is C37H32N3O3PS. The van der Waals surface area contributed by atoms with Gasteiger partial charge in [0.15, 0.2) is 0 Å². The van der Waals surface area contributed by atoms with Crippen LogP contribution in [0.3, 0.4) is 0 Å². The Morgan fingerprint density at radius 1 is 0.844 bits per heavy atom. The van der Waals surface area contributed by atoms with Gasteiger partial charge in [0.05, 0.1) is 11.7 Å². The molecule has 2 atom stereocenters. The maximum atomic E-state index is 14.8. The number of β-lactam (4-membered cyclic amide) rings is 1. The fourth-order valence-corrected chi connectivity index (χ4v) is 10.6. The third-order valence-corrected chi connectivity index (χ3v) is 13.0. The summed E-state index contributed by atoms with van der Waals surface area (Å²) in [6.45, 7) is -0.933. The van der Waals surface area contributed by atoms with Gasteiger partial charge in [-0.15, -0.1) is 0 Å². The van der Waals surface area contributed by atoms with Gasteiger partial charge < -0.3 is 9.64 Å². The zero-order valence-electron chi connectivity index (χ0n) is 24.8. The molecule has 6 nitrogen and oxygen atoms in total. The number of amides is 1. The number of carbonyl (C=O) groups is 2. The molecule has 0 saturated carbocycles. The molecule has 0 bridgehead atoms. The first-order valence-corrected chi connectivity index (χ1v) is 17.0. The van der Waals surface area contributed by atoms with Gasteiger partial charge in [-0.05, 0) is 27.5 Å². The summed E-state index contributed by atoms with van der Waals surface area (Å²) in [6.07, 6.45) is 3.37. The number of likely N-dealkylation sites (tertiary alicyclic amines) is 1. The molecule has 1 saturated heterocycles. The van der Waals surface area contributed by atoms with Crippen LogP contribution in [-0.4, -0.2) is 43.1 Å². The van der Waals surface area contributed by atoms with E-state index in [-0.39, 0.29) is 30.9 Å². The SMILES string of the molecule is CC(C(=S)c1ccncn1)C1CC(=O)N1C(C(=O)OCc1ccccc1)=P(c1ccccc1)(c1ccccc1)c1ccccc1.